The molecule has 98 valence electrons. The third-order valence-electron chi connectivity index (χ3n) is 3.07. The van der Waals surface area contributed by atoms with Gasteiger partial charge in [-0.3, -0.25) is 4.79 Å². The van der Waals surface area contributed by atoms with Crippen LogP contribution < -0.4 is 5.32 Å². The fourth-order valence-corrected chi connectivity index (χ4v) is 2.16. The average Bonchev–Trinajstić information content (AvgIpc) is 2.30. The molecule has 0 aromatic rings. The largest absolute Gasteiger partial charge is 0.465 e. The first-order valence-corrected chi connectivity index (χ1v) is 6.70. The zero-order chi connectivity index (χ0) is 12.7. The molecule has 0 saturated heterocycles. The molecule has 17 heavy (non-hydrogen) atoms. The van der Waals surface area contributed by atoms with Crippen LogP contribution in [0.2, 0.25) is 0 Å². The smallest absolute Gasteiger partial charge is 0.323 e. The maximum atomic E-state index is 11.9. The molecule has 3 nitrogen and oxygen atoms in total. The Bertz CT molecular complexity index is 261. The van der Waals surface area contributed by atoms with Crippen molar-refractivity contribution in [1.29, 1.82) is 0 Å². The van der Waals surface area contributed by atoms with Crippen LogP contribution in [0.15, 0.2) is 12.2 Å². The van der Waals surface area contributed by atoms with Gasteiger partial charge >= 0.3 is 5.97 Å². The highest BCUT2D eigenvalue weighted by Gasteiger charge is 2.28. The third-order valence-corrected chi connectivity index (χ3v) is 3.07. The van der Waals surface area contributed by atoms with E-state index in [9.17, 15) is 4.79 Å². The summed E-state index contributed by atoms with van der Waals surface area (Å²) in [4.78, 5) is 11.9. The van der Waals surface area contributed by atoms with Crippen LogP contribution >= 0.6 is 0 Å². The molecule has 1 N–H and O–H groups in total. The maximum Gasteiger partial charge on any atom is 0.323 e. The van der Waals surface area contributed by atoms with Crippen LogP contribution in [-0.2, 0) is 9.53 Å². The van der Waals surface area contributed by atoms with Crippen LogP contribution in [0.4, 0.5) is 0 Å². The summed E-state index contributed by atoms with van der Waals surface area (Å²) < 4.78 is 5.16. The molecule has 0 aromatic heterocycles. The van der Waals surface area contributed by atoms with Gasteiger partial charge in [0.15, 0.2) is 0 Å². The summed E-state index contributed by atoms with van der Waals surface area (Å²) in [5.74, 6) is 0.845. The molecule has 1 rings (SSSR count). The summed E-state index contributed by atoms with van der Waals surface area (Å²) in [7, 11) is 0. The number of carbonyl (C=O) groups excluding carboxylic acids is 1. The molecule has 1 aliphatic carbocycles. The number of ether oxygens (including phenoxy) is 1. The van der Waals surface area contributed by atoms with E-state index in [2.05, 4.69) is 31.3 Å². The molecule has 0 bridgehead atoms. The van der Waals surface area contributed by atoms with Crippen LogP contribution in [0.1, 0.15) is 40.0 Å². The molecule has 0 amide bonds. The number of carbonyl (C=O) groups is 1. The van der Waals surface area contributed by atoms with E-state index in [1.54, 1.807) is 0 Å². The number of allylic oxidation sites excluding steroid dienone is 2. The van der Waals surface area contributed by atoms with Crippen molar-refractivity contribution in [3.63, 3.8) is 0 Å². The van der Waals surface area contributed by atoms with E-state index in [-0.39, 0.29) is 12.0 Å². The molecule has 1 aliphatic rings. The summed E-state index contributed by atoms with van der Waals surface area (Å²) in [6.45, 7) is 7.48. The van der Waals surface area contributed by atoms with Gasteiger partial charge in [0.25, 0.3) is 0 Å². The molecule has 0 saturated carbocycles. The predicted molar refractivity (Wildman–Crippen MR) is 69.7 cm³/mol. The fourth-order valence-electron chi connectivity index (χ4n) is 2.16. The van der Waals surface area contributed by atoms with E-state index >= 15 is 0 Å². The molecular weight excluding hydrogens is 214 g/mol. The van der Waals surface area contributed by atoms with Crippen LogP contribution in [-0.4, -0.2) is 25.2 Å². The number of esters is 1. The van der Waals surface area contributed by atoms with Crippen molar-refractivity contribution < 1.29 is 9.53 Å². The minimum atomic E-state index is -0.137. The quantitative estimate of drug-likeness (QED) is 0.572. The normalized spacial score (nSPS) is 21.5. The Balaban J connectivity index is 2.56. The summed E-state index contributed by atoms with van der Waals surface area (Å²) in [5.41, 5.74) is 0. The van der Waals surface area contributed by atoms with Gasteiger partial charge in [-0.15, -0.1) is 0 Å². The van der Waals surface area contributed by atoms with Crippen molar-refractivity contribution in [1.82, 2.24) is 5.32 Å². The van der Waals surface area contributed by atoms with E-state index in [1.807, 2.05) is 6.92 Å². The SMILES string of the molecule is CCOC(=O)C(NCC(C)C)C1CC=CCC1. The first-order valence-electron chi connectivity index (χ1n) is 6.70. The van der Waals surface area contributed by atoms with Crippen LogP contribution in [0, 0.1) is 11.8 Å². The summed E-state index contributed by atoms with van der Waals surface area (Å²) in [6, 6.07) is -0.137. The highest BCUT2D eigenvalue weighted by molar-refractivity contribution is 5.76. The Morgan fingerprint density at radius 2 is 2.24 bits per heavy atom. The number of hydrogen-bond donors (Lipinski definition) is 1. The Hall–Kier alpha value is -0.830. The molecular formula is C14H25NO2. The standard InChI is InChI=1S/C14H25NO2/c1-4-17-14(16)13(15-10-11(2)3)12-8-6-5-7-9-12/h5-6,11-13,15H,4,7-10H2,1-3H3. The molecule has 2 atom stereocenters. The van der Waals surface area contributed by atoms with Crippen molar-refractivity contribution in [2.45, 2.75) is 46.1 Å². The van der Waals surface area contributed by atoms with E-state index in [0.29, 0.717) is 18.4 Å². The van der Waals surface area contributed by atoms with Crippen molar-refractivity contribution in [3.8, 4) is 0 Å². The topological polar surface area (TPSA) is 38.3 Å². The zero-order valence-corrected chi connectivity index (χ0v) is 11.2. The Labute approximate surface area is 105 Å². The molecule has 0 radical (unpaired) electrons. The third kappa shape index (κ3) is 4.90. The van der Waals surface area contributed by atoms with Gasteiger partial charge in [-0.2, -0.15) is 0 Å². The van der Waals surface area contributed by atoms with Gasteiger partial charge in [-0.1, -0.05) is 26.0 Å². The highest BCUT2D eigenvalue weighted by Crippen LogP contribution is 2.22. The highest BCUT2D eigenvalue weighted by atomic mass is 16.5. The van der Waals surface area contributed by atoms with Gasteiger partial charge in [0.05, 0.1) is 6.61 Å². The molecule has 0 heterocycles. The van der Waals surface area contributed by atoms with E-state index in [0.717, 1.165) is 25.8 Å². The number of nitrogens with one attached hydrogen (secondary N) is 1. The summed E-state index contributed by atoms with van der Waals surface area (Å²) >= 11 is 0. The molecule has 0 fully saturated rings. The van der Waals surface area contributed by atoms with Crippen molar-refractivity contribution >= 4 is 5.97 Å². The Morgan fingerprint density at radius 1 is 1.47 bits per heavy atom. The minimum Gasteiger partial charge on any atom is -0.465 e. The van der Waals surface area contributed by atoms with Gasteiger partial charge in [0, 0.05) is 0 Å². The van der Waals surface area contributed by atoms with Crippen LogP contribution in [0.25, 0.3) is 0 Å². The van der Waals surface area contributed by atoms with E-state index < -0.39 is 0 Å². The molecule has 3 heteroatoms. The minimum absolute atomic E-state index is 0.0894. The number of rotatable bonds is 6. The van der Waals surface area contributed by atoms with Gasteiger partial charge in [-0.25, -0.2) is 0 Å². The van der Waals surface area contributed by atoms with Gasteiger partial charge in [0.1, 0.15) is 6.04 Å². The lowest BCUT2D eigenvalue weighted by Gasteiger charge is -2.27. The first kappa shape index (κ1) is 14.2. The lowest BCUT2D eigenvalue weighted by atomic mass is 9.87. The van der Waals surface area contributed by atoms with E-state index in [4.69, 9.17) is 4.74 Å². The van der Waals surface area contributed by atoms with Crippen LogP contribution in [0.5, 0.6) is 0 Å². The first-order chi connectivity index (χ1) is 8.15. The molecule has 0 spiro atoms. The van der Waals surface area contributed by atoms with Gasteiger partial charge in [0.2, 0.25) is 0 Å². The lowest BCUT2D eigenvalue weighted by Crippen LogP contribution is -2.45. The average molecular weight is 239 g/mol. The zero-order valence-electron chi connectivity index (χ0n) is 11.2. The Kier molecular flexibility index (Phi) is 6.27. The molecule has 2 unspecified atom stereocenters. The lowest BCUT2D eigenvalue weighted by molar-refractivity contribution is -0.147. The van der Waals surface area contributed by atoms with Crippen molar-refractivity contribution in [2.24, 2.45) is 11.8 Å². The maximum absolute atomic E-state index is 11.9. The predicted octanol–water partition coefficient (Wildman–Crippen LogP) is 2.52. The van der Waals surface area contributed by atoms with Crippen LogP contribution in [0.3, 0.4) is 0 Å². The fraction of sp³-hybridized carbons (Fsp3) is 0.786. The summed E-state index contributed by atoms with van der Waals surface area (Å²) in [5, 5.41) is 3.37. The monoisotopic (exact) mass is 239 g/mol. The second-order valence-corrected chi connectivity index (χ2v) is 5.08. The van der Waals surface area contributed by atoms with Gasteiger partial charge < -0.3 is 10.1 Å². The number of hydrogen-bond acceptors (Lipinski definition) is 3. The molecule has 0 aromatic carbocycles. The second-order valence-electron chi connectivity index (χ2n) is 5.08. The van der Waals surface area contributed by atoms with Crippen molar-refractivity contribution in [3.05, 3.63) is 12.2 Å². The second kappa shape index (κ2) is 7.49. The summed E-state index contributed by atoms with van der Waals surface area (Å²) in [6.07, 6.45) is 7.50. The van der Waals surface area contributed by atoms with Gasteiger partial charge in [-0.05, 0) is 44.6 Å². The van der Waals surface area contributed by atoms with E-state index in [1.165, 1.54) is 0 Å². The Morgan fingerprint density at radius 3 is 2.76 bits per heavy atom. The molecule has 0 aliphatic heterocycles. The van der Waals surface area contributed by atoms with Crippen molar-refractivity contribution in [2.75, 3.05) is 13.2 Å².